The van der Waals surface area contributed by atoms with Crippen LogP contribution in [0.15, 0.2) is 35.5 Å². The zero-order chi connectivity index (χ0) is 20.6. The number of thioether (sulfide) groups is 1. The Hall–Kier alpha value is -1.86. The van der Waals surface area contributed by atoms with Crippen molar-refractivity contribution in [3.63, 3.8) is 0 Å². The number of benzene rings is 1. The second-order valence-corrected chi connectivity index (χ2v) is 9.49. The lowest BCUT2D eigenvalue weighted by molar-refractivity contribution is -0.118. The second kappa shape index (κ2) is 11.0. The van der Waals surface area contributed by atoms with Crippen molar-refractivity contribution in [2.75, 3.05) is 25.4 Å². The zero-order valence-electron chi connectivity index (χ0n) is 17.8. The molecule has 1 aromatic carbocycles. The molecule has 1 saturated heterocycles. The van der Waals surface area contributed by atoms with Crippen molar-refractivity contribution in [1.82, 2.24) is 25.0 Å². The first-order chi connectivity index (χ1) is 14.8. The highest BCUT2D eigenvalue weighted by Gasteiger charge is 2.20. The topological polar surface area (TPSA) is 63.1 Å². The van der Waals surface area contributed by atoms with Crippen LogP contribution in [0.4, 0.5) is 0 Å². The van der Waals surface area contributed by atoms with Gasteiger partial charge in [-0.1, -0.05) is 61.4 Å². The lowest BCUT2D eigenvalue weighted by Crippen LogP contribution is -2.31. The highest BCUT2D eigenvalue weighted by molar-refractivity contribution is 7.99. The number of carbonyl (C=O) groups is 1. The number of aromatic nitrogens is 3. The Morgan fingerprint density at radius 3 is 2.53 bits per heavy atom. The van der Waals surface area contributed by atoms with Crippen LogP contribution in [-0.2, 0) is 17.9 Å². The summed E-state index contributed by atoms with van der Waals surface area (Å²) in [4.78, 5) is 14.9. The Morgan fingerprint density at radius 2 is 1.77 bits per heavy atom. The largest absolute Gasteiger partial charge is 0.355 e. The zero-order valence-corrected chi connectivity index (χ0v) is 18.6. The van der Waals surface area contributed by atoms with Gasteiger partial charge in [0.05, 0.1) is 18.8 Å². The summed E-state index contributed by atoms with van der Waals surface area (Å²) in [5.74, 6) is 2.14. The minimum Gasteiger partial charge on any atom is -0.355 e. The average molecular weight is 428 g/mol. The van der Waals surface area contributed by atoms with Crippen LogP contribution in [0.2, 0.25) is 0 Å². The lowest BCUT2D eigenvalue weighted by Gasteiger charge is -2.21. The van der Waals surface area contributed by atoms with Crippen LogP contribution in [0.3, 0.4) is 0 Å². The number of hydrogen-bond donors (Lipinski definition) is 1. The first-order valence-electron chi connectivity index (χ1n) is 11.4. The number of nitrogens with one attached hydrogen (secondary N) is 1. The molecular weight excluding hydrogens is 394 g/mol. The fourth-order valence-electron chi connectivity index (χ4n) is 4.44. The number of likely N-dealkylation sites (tertiary alicyclic amines) is 1. The molecule has 1 aliphatic heterocycles. The van der Waals surface area contributed by atoms with Crippen LogP contribution in [0.25, 0.3) is 0 Å². The monoisotopic (exact) mass is 427 g/mol. The Labute approximate surface area is 183 Å². The predicted octanol–water partition coefficient (Wildman–Crippen LogP) is 3.71. The van der Waals surface area contributed by atoms with Gasteiger partial charge in [0.1, 0.15) is 5.82 Å². The first-order valence-corrected chi connectivity index (χ1v) is 12.3. The summed E-state index contributed by atoms with van der Waals surface area (Å²) in [6, 6.07) is 10.4. The van der Waals surface area contributed by atoms with E-state index in [1.54, 1.807) is 0 Å². The summed E-state index contributed by atoms with van der Waals surface area (Å²) in [5.41, 5.74) is 1.23. The lowest BCUT2D eigenvalue weighted by atomic mass is 9.89. The Morgan fingerprint density at radius 1 is 1.00 bits per heavy atom. The Balaban J connectivity index is 1.37. The van der Waals surface area contributed by atoms with Crippen molar-refractivity contribution in [2.45, 2.75) is 63.2 Å². The Kier molecular flexibility index (Phi) is 7.81. The van der Waals surface area contributed by atoms with Gasteiger partial charge >= 0.3 is 0 Å². The third kappa shape index (κ3) is 6.08. The molecule has 2 aromatic rings. The van der Waals surface area contributed by atoms with E-state index in [2.05, 4.69) is 49.2 Å². The van der Waals surface area contributed by atoms with E-state index < -0.39 is 0 Å². The van der Waals surface area contributed by atoms with E-state index in [1.807, 2.05) is 6.07 Å². The molecule has 0 bridgehead atoms. The maximum Gasteiger partial charge on any atom is 0.230 e. The fourth-order valence-corrected chi connectivity index (χ4v) is 5.23. The molecule has 0 spiro atoms. The fraction of sp³-hybridized carbons (Fsp3) is 0.609. The summed E-state index contributed by atoms with van der Waals surface area (Å²) >= 11 is 1.50. The molecule has 1 amide bonds. The van der Waals surface area contributed by atoms with E-state index in [0.717, 1.165) is 43.7 Å². The summed E-state index contributed by atoms with van der Waals surface area (Å²) in [6.45, 7) is 4.64. The van der Waals surface area contributed by atoms with Crippen molar-refractivity contribution in [1.29, 1.82) is 0 Å². The van der Waals surface area contributed by atoms with Crippen LogP contribution in [0.5, 0.6) is 0 Å². The van der Waals surface area contributed by atoms with E-state index in [9.17, 15) is 4.79 Å². The maximum absolute atomic E-state index is 12.4. The number of rotatable bonds is 9. The van der Waals surface area contributed by atoms with Crippen molar-refractivity contribution in [3.8, 4) is 0 Å². The van der Waals surface area contributed by atoms with E-state index in [0.29, 0.717) is 11.7 Å². The minimum atomic E-state index is 0.0981. The molecule has 30 heavy (non-hydrogen) atoms. The van der Waals surface area contributed by atoms with E-state index in [1.165, 1.54) is 62.3 Å². The van der Waals surface area contributed by atoms with Crippen LogP contribution in [0, 0.1) is 5.92 Å². The van der Waals surface area contributed by atoms with Gasteiger partial charge in [0.2, 0.25) is 5.91 Å². The van der Waals surface area contributed by atoms with Gasteiger partial charge in [0, 0.05) is 6.54 Å². The molecular formula is C23H33N5OS. The number of carbonyl (C=O) groups excluding carboxylic acids is 1. The molecule has 2 heterocycles. The van der Waals surface area contributed by atoms with E-state index in [4.69, 9.17) is 0 Å². The second-order valence-electron chi connectivity index (χ2n) is 8.55. The highest BCUT2D eigenvalue weighted by Crippen LogP contribution is 2.23. The summed E-state index contributed by atoms with van der Waals surface area (Å²) < 4.78 is 2.19. The quantitative estimate of drug-likeness (QED) is 0.618. The van der Waals surface area contributed by atoms with Gasteiger partial charge in [-0.05, 0) is 50.3 Å². The van der Waals surface area contributed by atoms with Crippen molar-refractivity contribution in [2.24, 2.45) is 5.92 Å². The normalized spacial score (nSPS) is 18.0. The summed E-state index contributed by atoms with van der Waals surface area (Å²) in [5, 5.41) is 12.9. The van der Waals surface area contributed by atoms with Crippen LogP contribution >= 0.6 is 11.8 Å². The van der Waals surface area contributed by atoms with E-state index >= 15 is 0 Å². The molecule has 1 aliphatic carbocycles. The number of nitrogens with zero attached hydrogens (tertiary/aromatic N) is 4. The van der Waals surface area contributed by atoms with Gasteiger partial charge in [-0.3, -0.25) is 9.69 Å². The standard InChI is InChI=1S/C23H33N5OS/c29-22(24-15-19-9-3-1-4-10-19)18-30-23-26-25-21(17-27-13-7-8-14-27)28(23)16-20-11-5-2-6-12-20/h2,5-6,11-12,19H,1,3-4,7-10,13-18H2,(H,24,29). The van der Waals surface area contributed by atoms with Crippen LogP contribution < -0.4 is 5.32 Å². The van der Waals surface area contributed by atoms with Crippen LogP contribution in [-0.4, -0.2) is 51.0 Å². The molecule has 6 nitrogen and oxygen atoms in total. The SMILES string of the molecule is O=C(CSc1nnc(CN2CCCC2)n1Cc1ccccc1)NCC1CCCCC1. The predicted molar refractivity (Wildman–Crippen MR) is 120 cm³/mol. The van der Waals surface area contributed by atoms with E-state index in [-0.39, 0.29) is 5.91 Å². The van der Waals surface area contributed by atoms with Gasteiger partial charge in [-0.25, -0.2) is 0 Å². The highest BCUT2D eigenvalue weighted by atomic mass is 32.2. The van der Waals surface area contributed by atoms with Crippen molar-refractivity contribution in [3.05, 3.63) is 41.7 Å². The molecule has 1 N–H and O–H groups in total. The molecule has 1 aromatic heterocycles. The molecule has 7 heteroatoms. The molecule has 4 rings (SSSR count). The van der Waals surface area contributed by atoms with Gasteiger partial charge < -0.3 is 9.88 Å². The summed E-state index contributed by atoms with van der Waals surface area (Å²) in [7, 11) is 0. The van der Waals surface area contributed by atoms with Gasteiger partial charge in [-0.2, -0.15) is 0 Å². The minimum absolute atomic E-state index is 0.0981. The molecule has 0 atom stereocenters. The van der Waals surface area contributed by atoms with Crippen molar-refractivity contribution < 1.29 is 4.79 Å². The average Bonchev–Trinajstić information content (AvgIpc) is 3.43. The molecule has 0 unspecified atom stereocenters. The first kappa shape index (κ1) is 21.4. The molecule has 1 saturated carbocycles. The number of amides is 1. The number of hydrogen-bond acceptors (Lipinski definition) is 5. The van der Waals surface area contributed by atoms with Gasteiger partial charge in [-0.15, -0.1) is 10.2 Å². The van der Waals surface area contributed by atoms with Crippen molar-refractivity contribution >= 4 is 17.7 Å². The third-order valence-electron chi connectivity index (χ3n) is 6.19. The van der Waals surface area contributed by atoms with Gasteiger partial charge in [0.15, 0.2) is 5.16 Å². The molecule has 162 valence electrons. The molecule has 2 aliphatic rings. The van der Waals surface area contributed by atoms with Crippen LogP contribution in [0.1, 0.15) is 56.3 Å². The molecule has 0 radical (unpaired) electrons. The van der Waals surface area contributed by atoms with Gasteiger partial charge in [0.25, 0.3) is 0 Å². The maximum atomic E-state index is 12.4. The smallest absolute Gasteiger partial charge is 0.230 e. The Bertz CT molecular complexity index is 797. The third-order valence-corrected chi connectivity index (χ3v) is 7.15. The molecule has 2 fully saturated rings. The summed E-state index contributed by atoms with van der Waals surface area (Å²) in [6.07, 6.45) is 8.97.